The minimum Gasteiger partial charge on any atom is -0.483 e. The lowest BCUT2D eigenvalue weighted by atomic mass is 10.1. The van der Waals surface area contributed by atoms with Crippen LogP contribution < -0.4 is 20.8 Å². The van der Waals surface area contributed by atoms with Crippen molar-refractivity contribution < 1.29 is 14.3 Å². The summed E-state index contributed by atoms with van der Waals surface area (Å²) >= 11 is 1.51. The first-order valence-corrected chi connectivity index (χ1v) is 14.1. The Morgan fingerprint density at radius 3 is 2.50 bits per heavy atom. The third kappa shape index (κ3) is 7.47. The number of carbonyl (C=O) groups is 2. The number of thiazole rings is 1. The third-order valence-electron chi connectivity index (χ3n) is 6.29. The van der Waals surface area contributed by atoms with Crippen molar-refractivity contribution in [3.63, 3.8) is 0 Å². The van der Waals surface area contributed by atoms with E-state index in [0.717, 1.165) is 38.9 Å². The van der Waals surface area contributed by atoms with E-state index in [1.54, 1.807) is 30.3 Å². The maximum atomic E-state index is 12.7. The van der Waals surface area contributed by atoms with Crippen LogP contribution in [0.15, 0.2) is 108 Å². The molecule has 3 N–H and O–H groups in total. The molecule has 1 aromatic heterocycles. The van der Waals surface area contributed by atoms with Crippen LogP contribution in [0.5, 0.6) is 5.75 Å². The summed E-state index contributed by atoms with van der Waals surface area (Å²) in [5, 5.41) is 13.0. The maximum Gasteiger partial charge on any atom is 0.271 e. The van der Waals surface area contributed by atoms with Crippen LogP contribution in [0.1, 0.15) is 27.0 Å². The average molecular weight is 576 g/mol. The van der Waals surface area contributed by atoms with E-state index in [1.165, 1.54) is 17.6 Å². The number of aryl methyl sites for hydroxylation is 2. The normalized spacial score (nSPS) is 10.8. The molecule has 1 heterocycles. The first-order valence-electron chi connectivity index (χ1n) is 13.2. The molecule has 0 saturated carbocycles. The van der Waals surface area contributed by atoms with Gasteiger partial charge in [0.1, 0.15) is 5.75 Å². The second kappa shape index (κ2) is 13.4. The molecule has 9 heteroatoms. The first kappa shape index (κ1) is 28.3. The van der Waals surface area contributed by atoms with Crippen LogP contribution in [0.4, 0.5) is 16.5 Å². The Bertz CT molecular complexity index is 1720. The van der Waals surface area contributed by atoms with Gasteiger partial charge in [0.2, 0.25) is 0 Å². The molecule has 2 amide bonds. The van der Waals surface area contributed by atoms with Gasteiger partial charge in [0.15, 0.2) is 11.7 Å². The van der Waals surface area contributed by atoms with E-state index in [1.807, 2.05) is 86.0 Å². The fourth-order valence-electron chi connectivity index (χ4n) is 4.04. The molecular formula is C33H29N5O3S. The van der Waals surface area contributed by atoms with E-state index in [-0.39, 0.29) is 18.4 Å². The number of hydrogen-bond donors (Lipinski definition) is 3. The number of nitrogens with zero attached hydrogens (tertiary/aromatic N) is 2. The van der Waals surface area contributed by atoms with Gasteiger partial charge >= 0.3 is 0 Å². The van der Waals surface area contributed by atoms with Crippen molar-refractivity contribution >= 4 is 45.9 Å². The van der Waals surface area contributed by atoms with Gasteiger partial charge in [-0.05, 0) is 67.4 Å². The van der Waals surface area contributed by atoms with Gasteiger partial charge in [-0.1, -0.05) is 54.6 Å². The summed E-state index contributed by atoms with van der Waals surface area (Å²) in [5.41, 5.74) is 9.11. The molecule has 0 spiro atoms. The number of para-hydroxylation sites is 2. The van der Waals surface area contributed by atoms with Crippen molar-refractivity contribution in [1.82, 2.24) is 10.4 Å². The van der Waals surface area contributed by atoms with E-state index in [4.69, 9.17) is 4.74 Å². The number of hydrazone groups is 1. The molecule has 0 unspecified atom stereocenters. The van der Waals surface area contributed by atoms with Crippen molar-refractivity contribution in [1.29, 1.82) is 0 Å². The van der Waals surface area contributed by atoms with Gasteiger partial charge in [0.05, 0.1) is 11.9 Å². The van der Waals surface area contributed by atoms with Crippen LogP contribution in [0.3, 0.4) is 0 Å². The molecule has 210 valence electrons. The summed E-state index contributed by atoms with van der Waals surface area (Å²) in [6.45, 7) is 3.74. The van der Waals surface area contributed by atoms with Crippen LogP contribution >= 0.6 is 11.3 Å². The molecule has 5 rings (SSSR count). The fourth-order valence-corrected chi connectivity index (χ4v) is 4.78. The van der Waals surface area contributed by atoms with Crippen molar-refractivity contribution in [2.75, 3.05) is 17.2 Å². The predicted octanol–water partition coefficient (Wildman–Crippen LogP) is 6.95. The fraction of sp³-hybridized carbons (Fsp3) is 0.0909. The van der Waals surface area contributed by atoms with Gasteiger partial charge in [-0.25, -0.2) is 10.4 Å². The number of benzene rings is 4. The minimum atomic E-state index is -0.353. The number of rotatable bonds is 10. The van der Waals surface area contributed by atoms with Crippen LogP contribution in [-0.4, -0.2) is 29.6 Å². The lowest BCUT2D eigenvalue weighted by molar-refractivity contribution is -0.118. The first-order chi connectivity index (χ1) is 20.4. The predicted molar refractivity (Wildman–Crippen MR) is 169 cm³/mol. The van der Waals surface area contributed by atoms with E-state index in [0.29, 0.717) is 16.9 Å². The number of anilines is 3. The van der Waals surface area contributed by atoms with Gasteiger partial charge in [-0.2, -0.15) is 5.10 Å². The van der Waals surface area contributed by atoms with Crippen molar-refractivity contribution in [2.45, 2.75) is 13.8 Å². The van der Waals surface area contributed by atoms with Gasteiger partial charge in [0, 0.05) is 33.4 Å². The molecule has 0 fully saturated rings. The number of amides is 2. The molecule has 0 saturated heterocycles. The Hall–Kier alpha value is -5.28. The van der Waals surface area contributed by atoms with Gasteiger partial charge < -0.3 is 15.4 Å². The summed E-state index contributed by atoms with van der Waals surface area (Å²) in [7, 11) is 0. The molecule has 42 heavy (non-hydrogen) atoms. The summed E-state index contributed by atoms with van der Waals surface area (Å²) in [4.78, 5) is 29.8. The summed E-state index contributed by atoms with van der Waals surface area (Å²) in [6, 6.07) is 30.1. The van der Waals surface area contributed by atoms with Gasteiger partial charge in [-0.3, -0.25) is 9.59 Å². The number of nitrogens with one attached hydrogen (secondary N) is 3. The molecule has 0 aliphatic carbocycles. The van der Waals surface area contributed by atoms with Crippen LogP contribution in [-0.2, 0) is 4.79 Å². The zero-order valence-electron chi connectivity index (χ0n) is 23.1. The monoisotopic (exact) mass is 575 g/mol. The van der Waals surface area contributed by atoms with Crippen molar-refractivity contribution in [3.8, 4) is 17.0 Å². The van der Waals surface area contributed by atoms with E-state index in [9.17, 15) is 9.59 Å². The molecule has 8 nitrogen and oxygen atoms in total. The average Bonchev–Trinajstić information content (AvgIpc) is 3.47. The Morgan fingerprint density at radius 1 is 0.929 bits per heavy atom. The molecule has 0 radical (unpaired) electrons. The second-order valence-electron chi connectivity index (χ2n) is 9.50. The Labute approximate surface area is 248 Å². The van der Waals surface area contributed by atoms with Crippen LogP contribution in [0.25, 0.3) is 11.3 Å². The van der Waals surface area contributed by atoms with Crippen molar-refractivity contribution in [3.05, 3.63) is 125 Å². The number of carbonyl (C=O) groups excluding carboxylic acids is 2. The number of aromatic nitrogens is 1. The smallest absolute Gasteiger partial charge is 0.271 e. The van der Waals surface area contributed by atoms with E-state index in [2.05, 4.69) is 26.1 Å². The largest absolute Gasteiger partial charge is 0.483 e. The zero-order valence-corrected chi connectivity index (χ0v) is 23.9. The molecular weight excluding hydrogens is 546 g/mol. The molecule has 5 aromatic rings. The summed E-state index contributed by atoms with van der Waals surface area (Å²) in [6.07, 6.45) is 1.49. The summed E-state index contributed by atoms with van der Waals surface area (Å²) < 4.78 is 5.75. The molecule has 4 aromatic carbocycles. The van der Waals surface area contributed by atoms with Crippen LogP contribution in [0.2, 0.25) is 0 Å². The molecule has 0 aliphatic heterocycles. The second-order valence-corrected chi connectivity index (χ2v) is 10.4. The molecule has 0 aliphatic rings. The highest BCUT2D eigenvalue weighted by Crippen LogP contribution is 2.27. The maximum absolute atomic E-state index is 12.7. The zero-order chi connectivity index (χ0) is 29.3. The topological polar surface area (TPSA) is 105 Å². The highest BCUT2D eigenvalue weighted by atomic mass is 32.1. The minimum absolute atomic E-state index is 0.167. The van der Waals surface area contributed by atoms with E-state index >= 15 is 0 Å². The highest BCUT2D eigenvalue weighted by molar-refractivity contribution is 7.14. The Balaban J connectivity index is 1.15. The van der Waals surface area contributed by atoms with Gasteiger partial charge in [0.25, 0.3) is 11.8 Å². The molecule has 0 atom stereocenters. The Morgan fingerprint density at radius 2 is 1.69 bits per heavy atom. The lowest BCUT2D eigenvalue weighted by Gasteiger charge is -2.11. The van der Waals surface area contributed by atoms with Crippen molar-refractivity contribution in [2.24, 2.45) is 5.10 Å². The SMILES string of the molecule is Cc1ccc(C)c(NC(=O)COc2ccccc2/C=N/NC(=O)c2ccc(-c3csc(Nc4ccccc4)n3)cc2)c1. The lowest BCUT2D eigenvalue weighted by Crippen LogP contribution is -2.21. The third-order valence-corrected chi connectivity index (χ3v) is 7.04. The van der Waals surface area contributed by atoms with Crippen LogP contribution in [0, 0.1) is 13.8 Å². The highest BCUT2D eigenvalue weighted by Gasteiger charge is 2.10. The van der Waals surface area contributed by atoms with Gasteiger partial charge in [-0.15, -0.1) is 11.3 Å². The quantitative estimate of drug-likeness (QED) is 0.123. The number of hydrogen-bond acceptors (Lipinski definition) is 7. The number of ether oxygens (including phenoxy) is 1. The summed E-state index contributed by atoms with van der Waals surface area (Å²) in [5.74, 6) is -0.150. The Kier molecular flexibility index (Phi) is 9.00. The standard InChI is InChI=1S/C33H29N5O3S/c1-22-12-13-23(2)28(18-22)36-31(39)20-41-30-11-7-6-8-26(30)19-34-38-32(40)25-16-14-24(15-17-25)29-21-42-33(37-29)35-27-9-4-3-5-10-27/h3-19,21H,20H2,1-2H3,(H,35,37)(H,36,39)(H,38,40)/b34-19+. The molecule has 0 bridgehead atoms. The van der Waals surface area contributed by atoms with E-state index < -0.39 is 0 Å².